The Morgan fingerprint density at radius 1 is 1.26 bits per heavy atom. The van der Waals surface area contributed by atoms with Gasteiger partial charge in [-0.15, -0.1) is 5.10 Å². The number of nitrogens with zero attached hydrogens (tertiary/aromatic N) is 4. The maximum atomic E-state index is 11.1. The Hall–Kier alpha value is -1.72. The van der Waals surface area contributed by atoms with Crippen molar-refractivity contribution in [2.24, 2.45) is 11.8 Å². The van der Waals surface area contributed by atoms with Crippen molar-refractivity contribution >= 4 is 11.9 Å². The summed E-state index contributed by atoms with van der Waals surface area (Å²) in [5, 5.41) is 17.5. The predicted molar refractivity (Wildman–Crippen MR) is 71.1 cm³/mol. The van der Waals surface area contributed by atoms with Gasteiger partial charge in [0.15, 0.2) is 0 Å². The molecule has 1 aromatic heterocycles. The van der Waals surface area contributed by atoms with E-state index in [0.717, 1.165) is 24.2 Å². The van der Waals surface area contributed by atoms with Crippen molar-refractivity contribution in [2.45, 2.75) is 33.6 Å². The molecule has 1 aliphatic rings. The van der Waals surface area contributed by atoms with Gasteiger partial charge in [0.25, 0.3) is 0 Å². The van der Waals surface area contributed by atoms with Gasteiger partial charge in [-0.25, -0.2) is 4.98 Å². The number of carboxylic acids is 1. The van der Waals surface area contributed by atoms with E-state index >= 15 is 0 Å². The number of rotatable bonds is 4. The van der Waals surface area contributed by atoms with E-state index in [1.807, 2.05) is 25.7 Å². The topological polar surface area (TPSA) is 79.2 Å². The Labute approximate surface area is 112 Å². The molecule has 2 atom stereocenters. The van der Waals surface area contributed by atoms with Crippen molar-refractivity contribution in [1.82, 2.24) is 15.2 Å². The highest BCUT2D eigenvalue weighted by molar-refractivity contribution is 5.72. The van der Waals surface area contributed by atoms with E-state index in [9.17, 15) is 4.79 Å². The highest BCUT2D eigenvalue weighted by atomic mass is 16.4. The standard InChI is InChI=1S/C13H20N4O2/c1-4-10-11(5-2)15-16-13(14-10)17-6-8(3)9(7-17)12(18)19/h8-9H,4-7H2,1-3H3,(H,18,19). The van der Waals surface area contributed by atoms with E-state index in [-0.39, 0.29) is 11.8 Å². The molecule has 0 aliphatic carbocycles. The molecule has 104 valence electrons. The van der Waals surface area contributed by atoms with Gasteiger partial charge in [-0.2, -0.15) is 5.10 Å². The Balaban J connectivity index is 2.22. The van der Waals surface area contributed by atoms with E-state index in [4.69, 9.17) is 5.11 Å². The monoisotopic (exact) mass is 264 g/mol. The quantitative estimate of drug-likeness (QED) is 0.879. The molecule has 2 unspecified atom stereocenters. The van der Waals surface area contributed by atoms with Gasteiger partial charge in [-0.1, -0.05) is 20.8 Å². The normalized spacial score (nSPS) is 22.8. The van der Waals surface area contributed by atoms with Crippen molar-refractivity contribution < 1.29 is 9.90 Å². The fourth-order valence-corrected chi connectivity index (χ4v) is 2.51. The molecule has 6 nitrogen and oxygen atoms in total. The number of hydrogen-bond donors (Lipinski definition) is 1. The predicted octanol–water partition coefficient (Wildman–Crippen LogP) is 1.15. The summed E-state index contributed by atoms with van der Waals surface area (Å²) in [6.07, 6.45) is 1.63. The van der Waals surface area contributed by atoms with Crippen LogP contribution in [-0.2, 0) is 17.6 Å². The zero-order valence-corrected chi connectivity index (χ0v) is 11.6. The molecule has 2 rings (SSSR count). The van der Waals surface area contributed by atoms with E-state index in [2.05, 4.69) is 15.2 Å². The maximum absolute atomic E-state index is 11.1. The summed E-state index contributed by atoms with van der Waals surface area (Å²) in [5.74, 6) is -0.426. The first-order valence-electron chi connectivity index (χ1n) is 6.77. The third kappa shape index (κ3) is 2.67. The van der Waals surface area contributed by atoms with Crippen LogP contribution in [0.15, 0.2) is 0 Å². The van der Waals surface area contributed by atoms with Crippen LogP contribution in [-0.4, -0.2) is 39.3 Å². The molecule has 0 spiro atoms. The molecule has 6 heteroatoms. The summed E-state index contributed by atoms with van der Waals surface area (Å²) in [4.78, 5) is 17.6. The van der Waals surface area contributed by atoms with Crippen LogP contribution < -0.4 is 4.90 Å². The average molecular weight is 264 g/mol. The van der Waals surface area contributed by atoms with Crippen LogP contribution in [0.5, 0.6) is 0 Å². The summed E-state index contributed by atoms with van der Waals surface area (Å²) in [5.41, 5.74) is 1.88. The highest BCUT2D eigenvalue weighted by Gasteiger charge is 2.36. The SMILES string of the molecule is CCc1nnc(N2CC(C)C(C(=O)O)C2)nc1CC. The Kier molecular flexibility index (Phi) is 3.97. The summed E-state index contributed by atoms with van der Waals surface area (Å²) in [6.45, 7) is 7.16. The van der Waals surface area contributed by atoms with Gasteiger partial charge in [0.1, 0.15) is 0 Å². The van der Waals surface area contributed by atoms with Crippen molar-refractivity contribution in [3.05, 3.63) is 11.4 Å². The van der Waals surface area contributed by atoms with Crippen molar-refractivity contribution in [1.29, 1.82) is 0 Å². The largest absolute Gasteiger partial charge is 0.481 e. The molecular weight excluding hydrogens is 244 g/mol. The van der Waals surface area contributed by atoms with E-state index < -0.39 is 5.97 Å². The van der Waals surface area contributed by atoms with E-state index in [0.29, 0.717) is 19.0 Å². The molecule has 0 radical (unpaired) electrons. The molecular formula is C13H20N4O2. The average Bonchev–Trinajstić information content (AvgIpc) is 2.80. The Morgan fingerprint density at radius 3 is 2.47 bits per heavy atom. The molecule has 1 aromatic rings. The molecule has 1 N–H and O–H groups in total. The molecule has 0 amide bonds. The minimum absolute atomic E-state index is 0.108. The molecule has 0 aromatic carbocycles. The van der Waals surface area contributed by atoms with Crippen LogP contribution in [0.1, 0.15) is 32.2 Å². The van der Waals surface area contributed by atoms with Crippen LogP contribution in [0, 0.1) is 11.8 Å². The summed E-state index contributed by atoms with van der Waals surface area (Å²) >= 11 is 0. The number of hydrogen-bond acceptors (Lipinski definition) is 5. The van der Waals surface area contributed by atoms with E-state index in [1.165, 1.54) is 0 Å². The van der Waals surface area contributed by atoms with Crippen molar-refractivity contribution in [3.8, 4) is 0 Å². The smallest absolute Gasteiger partial charge is 0.308 e. The van der Waals surface area contributed by atoms with Crippen molar-refractivity contribution in [3.63, 3.8) is 0 Å². The molecule has 1 saturated heterocycles. The molecule has 19 heavy (non-hydrogen) atoms. The molecule has 1 fully saturated rings. The van der Waals surface area contributed by atoms with Crippen LogP contribution in [0.25, 0.3) is 0 Å². The fraction of sp³-hybridized carbons (Fsp3) is 0.692. The lowest BCUT2D eigenvalue weighted by Crippen LogP contribution is -2.25. The van der Waals surface area contributed by atoms with Crippen LogP contribution in [0.2, 0.25) is 0 Å². The van der Waals surface area contributed by atoms with Crippen LogP contribution >= 0.6 is 0 Å². The van der Waals surface area contributed by atoms with Gasteiger partial charge >= 0.3 is 5.97 Å². The summed E-state index contributed by atoms with van der Waals surface area (Å²) in [7, 11) is 0. The first kappa shape index (κ1) is 13.7. The second-order valence-electron chi connectivity index (χ2n) is 5.04. The Morgan fingerprint density at radius 2 is 1.95 bits per heavy atom. The first-order valence-corrected chi connectivity index (χ1v) is 6.77. The second kappa shape index (κ2) is 5.50. The fourth-order valence-electron chi connectivity index (χ4n) is 2.51. The third-order valence-corrected chi connectivity index (χ3v) is 3.71. The number of aryl methyl sites for hydroxylation is 2. The van der Waals surface area contributed by atoms with Gasteiger partial charge in [-0.3, -0.25) is 4.79 Å². The lowest BCUT2D eigenvalue weighted by atomic mass is 9.99. The molecule has 0 saturated carbocycles. The molecule has 2 heterocycles. The van der Waals surface area contributed by atoms with Crippen LogP contribution in [0.3, 0.4) is 0 Å². The van der Waals surface area contributed by atoms with Gasteiger partial charge in [0, 0.05) is 13.1 Å². The minimum Gasteiger partial charge on any atom is -0.481 e. The second-order valence-corrected chi connectivity index (χ2v) is 5.04. The van der Waals surface area contributed by atoms with Gasteiger partial charge in [0.2, 0.25) is 5.95 Å². The van der Waals surface area contributed by atoms with Crippen LogP contribution in [0.4, 0.5) is 5.95 Å². The lowest BCUT2D eigenvalue weighted by Gasteiger charge is -2.16. The minimum atomic E-state index is -0.746. The third-order valence-electron chi connectivity index (χ3n) is 3.71. The van der Waals surface area contributed by atoms with E-state index in [1.54, 1.807) is 0 Å². The zero-order valence-electron chi connectivity index (χ0n) is 11.6. The van der Waals surface area contributed by atoms with Crippen molar-refractivity contribution in [2.75, 3.05) is 18.0 Å². The Bertz CT molecular complexity index is 478. The maximum Gasteiger partial charge on any atom is 0.308 e. The number of anilines is 1. The first-order chi connectivity index (χ1) is 9.06. The number of carboxylic acid groups (broad SMARTS) is 1. The van der Waals surface area contributed by atoms with Gasteiger partial charge in [-0.05, 0) is 18.8 Å². The summed E-state index contributed by atoms with van der Waals surface area (Å²) < 4.78 is 0. The molecule has 1 aliphatic heterocycles. The zero-order chi connectivity index (χ0) is 14.0. The summed E-state index contributed by atoms with van der Waals surface area (Å²) in [6, 6.07) is 0. The van der Waals surface area contributed by atoms with Gasteiger partial charge < -0.3 is 10.0 Å². The highest BCUT2D eigenvalue weighted by Crippen LogP contribution is 2.26. The molecule has 0 bridgehead atoms. The lowest BCUT2D eigenvalue weighted by molar-refractivity contribution is -0.142. The van der Waals surface area contributed by atoms with Gasteiger partial charge in [0.05, 0.1) is 17.3 Å². The number of carbonyl (C=O) groups is 1. The number of aromatic nitrogens is 3. The number of aliphatic carboxylic acids is 1.